The van der Waals surface area contributed by atoms with Gasteiger partial charge in [0.05, 0.1) is 23.5 Å². The lowest BCUT2D eigenvalue weighted by Gasteiger charge is -2.35. The number of nitrogens with one attached hydrogen (secondary N) is 1. The van der Waals surface area contributed by atoms with Gasteiger partial charge in [0.2, 0.25) is 5.95 Å². The minimum atomic E-state index is -4.36. The third-order valence-electron chi connectivity index (χ3n) is 6.29. The quantitative estimate of drug-likeness (QED) is 0.650. The molecule has 4 heterocycles. The van der Waals surface area contributed by atoms with Gasteiger partial charge < -0.3 is 10.2 Å². The summed E-state index contributed by atoms with van der Waals surface area (Å²) in [4.78, 5) is 11.6. The van der Waals surface area contributed by atoms with Crippen molar-refractivity contribution in [2.45, 2.75) is 31.6 Å². The number of benzene rings is 1. The summed E-state index contributed by atoms with van der Waals surface area (Å²) in [7, 11) is 0. The van der Waals surface area contributed by atoms with E-state index in [1.165, 1.54) is 12.4 Å². The smallest absolute Gasteiger partial charge is 0.340 e. The molecule has 2 unspecified atom stereocenters. The molecule has 3 aromatic rings. The van der Waals surface area contributed by atoms with Gasteiger partial charge in [0, 0.05) is 48.2 Å². The maximum absolute atomic E-state index is 12.8. The van der Waals surface area contributed by atoms with E-state index in [1.54, 1.807) is 30.5 Å². The highest BCUT2D eigenvalue weighted by atomic mass is 19.4. The third kappa shape index (κ3) is 4.54. The number of anilines is 1. The number of halogens is 3. The molecule has 2 aliphatic rings. The van der Waals surface area contributed by atoms with Crippen molar-refractivity contribution in [2.24, 2.45) is 5.92 Å². The van der Waals surface area contributed by atoms with Crippen molar-refractivity contribution in [3.05, 3.63) is 48.4 Å². The lowest BCUT2D eigenvalue weighted by atomic mass is 9.93. The molecule has 170 valence electrons. The maximum Gasteiger partial charge on any atom is 0.408 e. The lowest BCUT2D eigenvalue weighted by Crippen LogP contribution is -2.45. The van der Waals surface area contributed by atoms with Crippen LogP contribution in [0.3, 0.4) is 0 Å². The molecule has 33 heavy (non-hydrogen) atoms. The number of hydrogen-bond donors (Lipinski definition) is 1. The topological polar surface area (TPSA) is 82.7 Å². The number of rotatable bonds is 4. The highest BCUT2D eigenvalue weighted by Crippen LogP contribution is 2.33. The van der Waals surface area contributed by atoms with E-state index in [1.807, 2.05) is 0 Å². The van der Waals surface area contributed by atoms with Crippen LogP contribution in [0.2, 0.25) is 0 Å². The van der Waals surface area contributed by atoms with Gasteiger partial charge in [0.15, 0.2) is 0 Å². The standard InChI is InChI=1S/C23H22F3N7/c24-23(25,26)14-33-13-18(10-30-33)19-11-29-22(32-8-6-20-17(12-32)5-7-28-20)31-21(19)16-3-1-15(9-27)2-4-16/h1-4,10-11,13,17,20,28H,5-8,12,14H2. The number of nitriles is 1. The molecular weight excluding hydrogens is 431 g/mol. The summed E-state index contributed by atoms with van der Waals surface area (Å²) in [5.74, 6) is 1.16. The zero-order valence-corrected chi connectivity index (χ0v) is 17.8. The third-order valence-corrected chi connectivity index (χ3v) is 6.29. The average Bonchev–Trinajstić information content (AvgIpc) is 3.46. The van der Waals surface area contributed by atoms with Crippen molar-refractivity contribution in [1.29, 1.82) is 5.26 Å². The van der Waals surface area contributed by atoms with Crippen molar-refractivity contribution < 1.29 is 13.2 Å². The summed E-state index contributed by atoms with van der Waals surface area (Å²) >= 11 is 0. The molecule has 0 saturated carbocycles. The van der Waals surface area contributed by atoms with Gasteiger partial charge in [0.25, 0.3) is 0 Å². The SMILES string of the molecule is N#Cc1ccc(-c2nc(N3CCC4NCCC4C3)ncc2-c2cnn(CC(F)(F)F)c2)cc1. The van der Waals surface area contributed by atoms with Gasteiger partial charge in [-0.3, -0.25) is 4.68 Å². The van der Waals surface area contributed by atoms with Gasteiger partial charge in [-0.05, 0) is 37.4 Å². The van der Waals surface area contributed by atoms with Crippen molar-refractivity contribution in [3.63, 3.8) is 0 Å². The van der Waals surface area contributed by atoms with Crippen LogP contribution in [0.1, 0.15) is 18.4 Å². The van der Waals surface area contributed by atoms with E-state index < -0.39 is 12.7 Å². The molecule has 2 aliphatic heterocycles. The Morgan fingerprint density at radius 1 is 1.12 bits per heavy atom. The zero-order chi connectivity index (χ0) is 23.0. The minimum absolute atomic E-state index is 0.504. The number of hydrogen-bond acceptors (Lipinski definition) is 6. The Labute approximate surface area is 188 Å². The molecule has 0 spiro atoms. The number of nitrogens with zero attached hydrogens (tertiary/aromatic N) is 6. The molecule has 10 heteroatoms. The molecule has 2 atom stereocenters. The van der Waals surface area contributed by atoms with Crippen LogP contribution in [0.4, 0.5) is 19.1 Å². The highest BCUT2D eigenvalue weighted by Gasteiger charge is 2.34. The van der Waals surface area contributed by atoms with Crippen LogP contribution in [0, 0.1) is 17.2 Å². The number of piperidine rings is 1. The number of aromatic nitrogens is 4. The van der Waals surface area contributed by atoms with Crippen molar-refractivity contribution >= 4 is 5.95 Å². The Kier molecular flexibility index (Phi) is 5.50. The Balaban J connectivity index is 1.52. The monoisotopic (exact) mass is 453 g/mol. The molecule has 2 fully saturated rings. The van der Waals surface area contributed by atoms with E-state index >= 15 is 0 Å². The summed E-state index contributed by atoms with van der Waals surface area (Å²) < 4.78 is 39.3. The van der Waals surface area contributed by atoms with Gasteiger partial charge in [-0.25, -0.2) is 9.97 Å². The van der Waals surface area contributed by atoms with Crippen molar-refractivity contribution in [3.8, 4) is 28.5 Å². The molecule has 0 aliphatic carbocycles. The minimum Gasteiger partial charge on any atom is -0.340 e. The van der Waals surface area contributed by atoms with Crippen LogP contribution < -0.4 is 10.2 Å². The Bertz CT molecular complexity index is 1180. The van der Waals surface area contributed by atoms with E-state index in [-0.39, 0.29) is 0 Å². The van der Waals surface area contributed by atoms with Crippen LogP contribution >= 0.6 is 0 Å². The van der Waals surface area contributed by atoms with Gasteiger partial charge in [-0.2, -0.15) is 23.5 Å². The zero-order valence-electron chi connectivity index (χ0n) is 17.8. The van der Waals surface area contributed by atoms with Crippen molar-refractivity contribution in [1.82, 2.24) is 25.1 Å². The molecule has 7 nitrogen and oxygen atoms in total. The largest absolute Gasteiger partial charge is 0.408 e. The van der Waals surface area contributed by atoms with E-state index in [0.29, 0.717) is 40.3 Å². The number of alkyl halides is 3. The van der Waals surface area contributed by atoms with Gasteiger partial charge in [0.1, 0.15) is 6.54 Å². The van der Waals surface area contributed by atoms with Gasteiger partial charge in [-0.1, -0.05) is 12.1 Å². The first-order valence-corrected chi connectivity index (χ1v) is 10.8. The van der Waals surface area contributed by atoms with Crippen LogP contribution in [0.25, 0.3) is 22.4 Å². The maximum atomic E-state index is 12.8. The number of fused-ring (bicyclic) bond motifs is 1. The van der Waals surface area contributed by atoms with Gasteiger partial charge in [-0.15, -0.1) is 0 Å². The van der Waals surface area contributed by atoms with Crippen LogP contribution in [-0.2, 0) is 6.54 Å². The molecular formula is C23H22F3N7. The van der Waals surface area contributed by atoms with Crippen LogP contribution in [-0.4, -0.2) is 51.6 Å². The van der Waals surface area contributed by atoms with Crippen LogP contribution in [0.5, 0.6) is 0 Å². The van der Waals surface area contributed by atoms with Gasteiger partial charge >= 0.3 is 6.18 Å². The molecule has 5 rings (SSSR count). The van der Waals surface area contributed by atoms with E-state index in [2.05, 4.69) is 26.4 Å². The van der Waals surface area contributed by atoms with E-state index in [9.17, 15) is 13.2 Å². The second-order valence-corrected chi connectivity index (χ2v) is 8.51. The fourth-order valence-corrected chi connectivity index (χ4v) is 4.66. The first-order valence-electron chi connectivity index (χ1n) is 10.8. The second kappa shape index (κ2) is 8.48. The summed E-state index contributed by atoms with van der Waals surface area (Å²) in [5, 5.41) is 16.5. The molecule has 1 N–H and O–H groups in total. The van der Waals surface area contributed by atoms with Crippen LogP contribution in [0.15, 0.2) is 42.9 Å². The average molecular weight is 453 g/mol. The molecule has 2 aromatic heterocycles. The predicted octanol–water partition coefficient (Wildman–Crippen LogP) is 3.63. The fourth-order valence-electron chi connectivity index (χ4n) is 4.66. The van der Waals surface area contributed by atoms with E-state index in [0.717, 1.165) is 42.7 Å². The molecule has 2 saturated heterocycles. The second-order valence-electron chi connectivity index (χ2n) is 8.51. The normalized spacial score (nSPS) is 20.5. The molecule has 1 aromatic carbocycles. The molecule has 0 bridgehead atoms. The summed E-state index contributed by atoms with van der Waals surface area (Å²) in [6.45, 7) is 1.57. The molecule has 0 amide bonds. The Morgan fingerprint density at radius 3 is 2.70 bits per heavy atom. The summed E-state index contributed by atoms with van der Waals surface area (Å²) in [6.07, 6.45) is 2.19. The predicted molar refractivity (Wildman–Crippen MR) is 116 cm³/mol. The Hall–Kier alpha value is -3.45. The first-order chi connectivity index (χ1) is 15.9. The molecule has 0 radical (unpaired) electrons. The summed E-state index contributed by atoms with van der Waals surface area (Å²) in [5.41, 5.74) is 2.97. The first kappa shape index (κ1) is 21.4. The fraction of sp³-hybridized carbons (Fsp3) is 0.391. The lowest BCUT2D eigenvalue weighted by molar-refractivity contribution is -0.142. The Morgan fingerprint density at radius 2 is 1.94 bits per heavy atom. The van der Waals surface area contributed by atoms with E-state index in [4.69, 9.17) is 10.2 Å². The highest BCUT2D eigenvalue weighted by molar-refractivity contribution is 5.80. The summed E-state index contributed by atoms with van der Waals surface area (Å²) in [6, 6.07) is 9.62. The van der Waals surface area contributed by atoms with Crippen molar-refractivity contribution in [2.75, 3.05) is 24.5 Å².